The monoisotopic (exact) mass is 277 g/mol. The molecule has 1 aliphatic heterocycles. The average Bonchev–Trinajstić information content (AvgIpc) is 2.98. The van der Waals surface area contributed by atoms with Crippen LogP contribution in [0.4, 0.5) is 6.01 Å². The second-order valence-corrected chi connectivity index (χ2v) is 5.55. The van der Waals surface area contributed by atoms with Gasteiger partial charge in [0.15, 0.2) is 0 Å². The molecule has 2 atom stereocenters. The molecule has 0 bridgehead atoms. The lowest BCUT2D eigenvalue weighted by molar-refractivity contribution is 0.407. The highest BCUT2D eigenvalue weighted by Crippen LogP contribution is 2.29. The van der Waals surface area contributed by atoms with Crippen LogP contribution >= 0.6 is 11.6 Å². The minimum Gasteiger partial charge on any atom is -0.321 e. The predicted molar refractivity (Wildman–Crippen MR) is 75.3 cm³/mol. The Morgan fingerprint density at radius 1 is 1.37 bits per heavy atom. The van der Waals surface area contributed by atoms with Crippen molar-refractivity contribution in [2.24, 2.45) is 5.92 Å². The largest absolute Gasteiger partial charge is 0.324 e. The molecule has 1 aromatic heterocycles. The Bertz CT molecular complexity index is 584. The maximum absolute atomic E-state index is 5.97. The van der Waals surface area contributed by atoms with Crippen molar-refractivity contribution >= 4 is 17.6 Å². The van der Waals surface area contributed by atoms with Crippen LogP contribution in [0.1, 0.15) is 20.3 Å². The molecule has 0 spiro atoms. The summed E-state index contributed by atoms with van der Waals surface area (Å²) in [5.41, 5.74) is 0.877. The number of benzene rings is 1. The molecule has 100 valence electrons. The van der Waals surface area contributed by atoms with E-state index < -0.39 is 0 Å². The van der Waals surface area contributed by atoms with Crippen LogP contribution in [-0.4, -0.2) is 22.7 Å². The van der Waals surface area contributed by atoms with Crippen molar-refractivity contribution in [3.8, 4) is 11.4 Å². The molecule has 1 aliphatic rings. The molecule has 5 heteroatoms. The molecule has 0 aliphatic carbocycles. The van der Waals surface area contributed by atoms with Crippen LogP contribution in [0.15, 0.2) is 28.8 Å². The fraction of sp³-hybridized carbons (Fsp3) is 0.429. The Morgan fingerprint density at radius 3 is 2.89 bits per heavy atom. The first-order valence-electron chi connectivity index (χ1n) is 6.51. The molecule has 2 aromatic rings. The maximum Gasteiger partial charge on any atom is 0.324 e. The van der Waals surface area contributed by atoms with E-state index in [0.717, 1.165) is 18.5 Å². The predicted octanol–water partition coefficient (Wildman–Crippen LogP) is 3.62. The van der Waals surface area contributed by atoms with Gasteiger partial charge in [-0.1, -0.05) is 35.8 Å². The van der Waals surface area contributed by atoms with Gasteiger partial charge in [0.2, 0.25) is 5.82 Å². The normalized spacial score (nSPS) is 23.0. The summed E-state index contributed by atoms with van der Waals surface area (Å²) in [6.45, 7) is 5.42. The summed E-state index contributed by atoms with van der Waals surface area (Å²) in [4.78, 5) is 6.65. The van der Waals surface area contributed by atoms with E-state index in [-0.39, 0.29) is 0 Å². The van der Waals surface area contributed by atoms with Gasteiger partial charge in [-0.05, 0) is 31.4 Å². The quantitative estimate of drug-likeness (QED) is 0.841. The highest BCUT2D eigenvalue weighted by Gasteiger charge is 2.30. The van der Waals surface area contributed by atoms with Gasteiger partial charge in [-0.15, -0.1) is 0 Å². The Morgan fingerprint density at radius 2 is 2.21 bits per heavy atom. The Balaban J connectivity index is 1.88. The molecule has 3 rings (SSSR count). The summed E-state index contributed by atoms with van der Waals surface area (Å²) in [7, 11) is 0. The molecule has 2 unspecified atom stereocenters. The van der Waals surface area contributed by atoms with Gasteiger partial charge in [0, 0.05) is 23.2 Å². The summed E-state index contributed by atoms with van der Waals surface area (Å²) < 4.78 is 5.38. The van der Waals surface area contributed by atoms with Gasteiger partial charge in [0.1, 0.15) is 0 Å². The van der Waals surface area contributed by atoms with E-state index >= 15 is 0 Å². The summed E-state index contributed by atoms with van der Waals surface area (Å²) in [5.74, 6) is 1.24. The SMILES string of the molecule is CC1CCN(c2nc(-c3cccc(Cl)c3)no2)C1C. The molecule has 0 radical (unpaired) electrons. The zero-order chi connectivity index (χ0) is 13.4. The van der Waals surface area contributed by atoms with E-state index in [1.165, 1.54) is 0 Å². The van der Waals surface area contributed by atoms with Crippen molar-refractivity contribution in [1.82, 2.24) is 10.1 Å². The number of nitrogens with zero attached hydrogens (tertiary/aromatic N) is 3. The zero-order valence-corrected chi connectivity index (χ0v) is 11.8. The van der Waals surface area contributed by atoms with E-state index in [9.17, 15) is 0 Å². The van der Waals surface area contributed by atoms with Crippen molar-refractivity contribution in [3.63, 3.8) is 0 Å². The molecule has 19 heavy (non-hydrogen) atoms. The first-order chi connectivity index (χ1) is 9.15. The van der Waals surface area contributed by atoms with Crippen LogP contribution in [0.2, 0.25) is 5.02 Å². The summed E-state index contributed by atoms with van der Waals surface area (Å²) in [6, 6.07) is 8.52. The van der Waals surface area contributed by atoms with Crippen molar-refractivity contribution in [3.05, 3.63) is 29.3 Å². The molecule has 0 N–H and O–H groups in total. The van der Waals surface area contributed by atoms with Crippen molar-refractivity contribution in [1.29, 1.82) is 0 Å². The number of aromatic nitrogens is 2. The third kappa shape index (κ3) is 2.32. The number of hydrogen-bond donors (Lipinski definition) is 0. The van der Waals surface area contributed by atoms with Gasteiger partial charge in [0.05, 0.1) is 0 Å². The first-order valence-corrected chi connectivity index (χ1v) is 6.89. The fourth-order valence-corrected chi connectivity index (χ4v) is 2.63. The van der Waals surface area contributed by atoms with Crippen molar-refractivity contribution < 1.29 is 4.52 Å². The van der Waals surface area contributed by atoms with Crippen molar-refractivity contribution in [2.45, 2.75) is 26.3 Å². The molecule has 2 heterocycles. The van der Waals surface area contributed by atoms with Gasteiger partial charge in [0.25, 0.3) is 0 Å². The first kappa shape index (κ1) is 12.5. The molecule has 0 amide bonds. The van der Waals surface area contributed by atoms with Crippen LogP contribution in [0.25, 0.3) is 11.4 Å². The number of rotatable bonds is 2. The lowest BCUT2D eigenvalue weighted by atomic mass is 10.1. The second-order valence-electron chi connectivity index (χ2n) is 5.11. The van der Waals surface area contributed by atoms with Crippen LogP contribution in [0, 0.1) is 5.92 Å². The number of anilines is 1. The van der Waals surface area contributed by atoms with E-state index in [0.29, 0.717) is 28.8 Å². The average molecular weight is 278 g/mol. The number of halogens is 1. The minimum absolute atomic E-state index is 0.438. The van der Waals surface area contributed by atoms with Crippen molar-refractivity contribution in [2.75, 3.05) is 11.4 Å². The van der Waals surface area contributed by atoms with Crippen LogP contribution < -0.4 is 4.90 Å². The standard InChI is InChI=1S/C14H16ClN3O/c1-9-6-7-18(10(9)2)14-16-13(17-19-14)11-4-3-5-12(15)8-11/h3-5,8-10H,6-7H2,1-2H3. The summed E-state index contributed by atoms with van der Waals surface area (Å²) in [5, 5.41) is 4.72. The highest BCUT2D eigenvalue weighted by atomic mass is 35.5. The fourth-order valence-electron chi connectivity index (χ4n) is 2.44. The smallest absolute Gasteiger partial charge is 0.321 e. The third-order valence-electron chi connectivity index (χ3n) is 3.88. The molecule has 4 nitrogen and oxygen atoms in total. The summed E-state index contributed by atoms with van der Waals surface area (Å²) in [6.07, 6.45) is 1.16. The molecule has 1 saturated heterocycles. The molecule has 1 fully saturated rings. The maximum atomic E-state index is 5.97. The minimum atomic E-state index is 0.438. The van der Waals surface area contributed by atoms with E-state index in [1.807, 2.05) is 24.3 Å². The zero-order valence-electron chi connectivity index (χ0n) is 11.0. The molecular formula is C14H16ClN3O. The van der Waals surface area contributed by atoms with Crippen LogP contribution in [0.3, 0.4) is 0 Å². The van der Waals surface area contributed by atoms with Crippen LogP contribution in [0.5, 0.6) is 0 Å². The molecule has 0 saturated carbocycles. The topological polar surface area (TPSA) is 42.2 Å². The van der Waals surface area contributed by atoms with E-state index in [1.54, 1.807) is 0 Å². The van der Waals surface area contributed by atoms with Gasteiger partial charge in [-0.3, -0.25) is 0 Å². The number of hydrogen-bond acceptors (Lipinski definition) is 4. The Kier molecular flexibility index (Phi) is 3.19. The van der Waals surface area contributed by atoms with E-state index in [2.05, 4.69) is 28.9 Å². The Labute approximate surface area is 117 Å². The second kappa shape index (κ2) is 4.85. The van der Waals surface area contributed by atoms with E-state index in [4.69, 9.17) is 16.1 Å². The molecule has 1 aromatic carbocycles. The van der Waals surface area contributed by atoms with Crippen LogP contribution in [-0.2, 0) is 0 Å². The van der Waals surface area contributed by atoms with Gasteiger partial charge in [-0.25, -0.2) is 0 Å². The summed E-state index contributed by atoms with van der Waals surface area (Å²) >= 11 is 5.97. The van der Waals surface area contributed by atoms with Gasteiger partial charge >= 0.3 is 6.01 Å². The lowest BCUT2D eigenvalue weighted by Gasteiger charge is -2.20. The van der Waals surface area contributed by atoms with Gasteiger partial charge in [-0.2, -0.15) is 4.98 Å². The lowest BCUT2D eigenvalue weighted by Crippen LogP contribution is -2.29. The third-order valence-corrected chi connectivity index (χ3v) is 4.12. The Hall–Kier alpha value is -1.55. The van der Waals surface area contributed by atoms with Gasteiger partial charge < -0.3 is 9.42 Å². The molecular weight excluding hydrogens is 262 g/mol. The highest BCUT2D eigenvalue weighted by molar-refractivity contribution is 6.30.